The molecule has 2 heterocycles. The molecule has 3 atom stereocenters. The first-order valence-electron chi connectivity index (χ1n) is 11.6. The molecule has 6 nitrogen and oxygen atoms in total. The molecule has 0 saturated heterocycles. The molecule has 170 valence electrons. The SMILES string of the molecule is CC1=CC(CNCc2ccc(C#N)cc2)C(C(C)C)CC1Cc1nnc(-c2cccnc2)o1. The predicted molar refractivity (Wildman–Crippen MR) is 128 cm³/mol. The van der Waals surface area contributed by atoms with Gasteiger partial charge in [0.25, 0.3) is 0 Å². The summed E-state index contributed by atoms with van der Waals surface area (Å²) >= 11 is 0. The van der Waals surface area contributed by atoms with Crippen molar-refractivity contribution in [2.45, 2.75) is 40.2 Å². The van der Waals surface area contributed by atoms with Crippen molar-refractivity contribution in [2.75, 3.05) is 6.54 Å². The molecule has 4 rings (SSSR count). The van der Waals surface area contributed by atoms with Gasteiger partial charge in [0.05, 0.1) is 17.2 Å². The van der Waals surface area contributed by atoms with Crippen LogP contribution in [0.1, 0.15) is 44.2 Å². The van der Waals surface area contributed by atoms with Crippen LogP contribution >= 0.6 is 0 Å². The second-order valence-corrected chi connectivity index (χ2v) is 9.30. The van der Waals surface area contributed by atoms with Crippen molar-refractivity contribution in [2.24, 2.45) is 23.7 Å². The number of nitrogens with one attached hydrogen (secondary N) is 1. The number of allylic oxidation sites excluding steroid dienone is 1. The van der Waals surface area contributed by atoms with E-state index in [1.165, 1.54) is 11.1 Å². The van der Waals surface area contributed by atoms with Gasteiger partial charge in [-0.05, 0) is 66.8 Å². The molecule has 1 aromatic carbocycles. The molecular formula is C27H31N5O. The lowest BCUT2D eigenvalue weighted by atomic mass is 9.70. The predicted octanol–water partition coefficient (Wildman–Crippen LogP) is 5.19. The zero-order chi connectivity index (χ0) is 23.2. The largest absolute Gasteiger partial charge is 0.421 e. The highest BCUT2D eigenvalue weighted by Gasteiger charge is 2.32. The molecule has 0 amide bonds. The zero-order valence-electron chi connectivity index (χ0n) is 19.5. The van der Waals surface area contributed by atoms with Crippen molar-refractivity contribution in [3.8, 4) is 17.5 Å². The Morgan fingerprint density at radius 2 is 2.00 bits per heavy atom. The number of aromatic nitrogens is 3. The Morgan fingerprint density at radius 1 is 1.18 bits per heavy atom. The van der Waals surface area contributed by atoms with Crippen molar-refractivity contribution in [3.05, 3.63) is 77.5 Å². The average molecular weight is 442 g/mol. The van der Waals surface area contributed by atoms with Gasteiger partial charge in [-0.2, -0.15) is 5.26 Å². The quantitative estimate of drug-likeness (QED) is 0.484. The van der Waals surface area contributed by atoms with E-state index in [1.807, 2.05) is 36.4 Å². The van der Waals surface area contributed by atoms with Gasteiger partial charge in [0, 0.05) is 31.9 Å². The second kappa shape index (κ2) is 10.5. The lowest BCUT2D eigenvalue weighted by molar-refractivity contribution is 0.218. The van der Waals surface area contributed by atoms with E-state index in [0.29, 0.717) is 41.0 Å². The summed E-state index contributed by atoms with van der Waals surface area (Å²) in [6, 6.07) is 13.8. The molecule has 0 aliphatic heterocycles. The number of nitrogens with zero attached hydrogens (tertiary/aromatic N) is 4. The Morgan fingerprint density at radius 3 is 2.70 bits per heavy atom. The van der Waals surface area contributed by atoms with Crippen LogP contribution < -0.4 is 5.32 Å². The highest BCUT2D eigenvalue weighted by molar-refractivity contribution is 5.49. The zero-order valence-corrected chi connectivity index (χ0v) is 19.5. The molecule has 1 aliphatic carbocycles. The van der Waals surface area contributed by atoms with E-state index >= 15 is 0 Å². The molecule has 1 aliphatic rings. The molecule has 0 bridgehead atoms. The third kappa shape index (κ3) is 5.74. The molecule has 0 fully saturated rings. The Balaban J connectivity index is 1.39. The fourth-order valence-electron chi connectivity index (χ4n) is 4.74. The maximum absolute atomic E-state index is 8.96. The van der Waals surface area contributed by atoms with Crippen LogP contribution in [0.3, 0.4) is 0 Å². The number of hydrogen-bond acceptors (Lipinski definition) is 6. The maximum atomic E-state index is 8.96. The molecule has 3 unspecified atom stereocenters. The summed E-state index contributed by atoms with van der Waals surface area (Å²) in [5.41, 5.74) is 4.15. The number of benzene rings is 1. The number of pyridine rings is 1. The van der Waals surface area contributed by atoms with Gasteiger partial charge in [-0.25, -0.2) is 0 Å². The topological polar surface area (TPSA) is 87.6 Å². The van der Waals surface area contributed by atoms with Crippen molar-refractivity contribution < 1.29 is 4.42 Å². The Kier molecular flexibility index (Phi) is 7.31. The maximum Gasteiger partial charge on any atom is 0.249 e. The minimum Gasteiger partial charge on any atom is -0.421 e. The van der Waals surface area contributed by atoms with Gasteiger partial charge < -0.3 is 9.73 Å². The molecule has 0 radical (unpaired) electrons. The fourth-order valence-corrected chi connectivity index (χ4v) is 4.74. The molecule has 6 heteroatoms. The highest BCUT2D eigenvalue weighted by atomic mass is 16.4. The van der Waals surface area contributed by atoms with E-state index in [1.54, 1.807) is 12.4 Å². The molecular weight excluding hydrogens is 410 g/mol. The van der Waals surface area contributed by atoms with E-state index in [2.05, 4.69) is 53.4 Å². The van der Waals surface area contributed by atoms with E-state index in [4.69, 9.17) is 9.68 Å². The van der Waals surface area contributed by atoms with Crippen molar-refractivity contribution in [1.29, 1.82) is 5.26 Å². The first-order valence-corrected chi connectivity index (χ1v) is 11.6. The first-order chi connectivity index (χ1) is 16.0. The summed E-state index contributed by atoms with van der Waals surface area (Å²) in [7, 11) is 0. The minimum absolute atomic E-state index is 0.411. The van der Waals surface area contributed by atoms with Crippen LogP contribution in [0.25, 0.3) is 11.5 Å². The highest BCUT2D eigenvalue weighted by Crippen LogP contribution is 2.38. The smallest absolute Gasteiger partial charge is 0.249 e. The van der Waals surface area contributed by atoms with Crippen LogP contribution in [0, 0.1) is 35.0 Å². The summed E-state index contributed by atoms with van der Waals surface area (Å²) in [5, 5.41) is 21.1. The standard InChI is InChI=1S/C27H31N5O/c1-18(2)25-12-23(13-26-31-32-27(33-26)22-5-4-10-29-16-22)19(3)11-24(25)17-30-15-21-8-6-20(14-28)7-9-21/h4-11,16,18,23-25,30H,12-13,15,17H2,1-3H3. The fraction of sp³-hybridized carbons (Fsp3) is 0.407. The van der Waals surface area contributed by atoms with Gasteiger partial charge in [0.2, 0.25) is 11.8 Å². The molecule has 33 heavy (non-hydrogen) atoms. The summed E-state index contributed by atoms with van der Waals surface area (Å²) < 4.78 is 5.95. The van der Waals surface area contributed by atoms with Gasteiger partial charge >= 0.3 is 0 Å². The Labute approximate surface area is 195 Å². The van der Waals surface area contributed by atoms with Crippen LogP contribution in [0.5, 0.6) is 0 Å². The van der Waals surface area contributed by atoms with Crippen LogP contribution in [0.2, 0.25) is 0 Å². The Bertz CT molecular complexity index is 1110. The molecule has 2 aromatic heterocycles. The van der Waals surface area contributed by atoms with Crippen molar-refractivity contribution in [3.63, 3.8) is 0 Å². The van der Waals surface area contributed by atoms with Crippen LogP contribution in [-0.2, 0) is 13.0 Å². The molecule has 0 spiro atoms. The number of rotatable bonds is 8. The van der Waals surface area contributed by atoms with E-state index in [-0.39, 0.29) is 0 Å². The van der Waals surface area contributed by atoms with Crippen LogP contribution in [-0.4, -0.2) is 21.7 Å². The second-order valence-electron chi connectivity index (χ2n) is 9.30. The van der Waals surface area contributed by atoms with Gasteiger partial charge in [0.1, 0.15) is 0 Å². The molecule has 0 saturated carbocycles. The molecule has 3 aromatic rings. The number of nitriles is 1. The van der Waals surface area contributed by atoms with Gasteiger partial charge in [0.15, 0.2) is 0 Å². The van der Waals surface area contributed by atoms with Crippen LogP contribution in [0.15, 0.2) is 64.9 Å². The van der Waals surface area contributed by atoms with E-state index in [0.717, 1.165) is 31.5 Å². The summed E-state index contributed by atoms with van der Waals surface area (Å²) in [4.78, 5) is 4.13. The summed E-state index contributed by atoms with van der Waals surface area (Å²) in [6.07, 6.45) is 7.81. The third-order valence-electron chi connectivity index (χ3n) is 6.67. The normalized spacial score (nSPS) is 20.5. The van der Waals surface area contributed by atoms with Crippen molar-refractivity contribution in [1.82, 2.24) is 20.5 Å². The van der Waals surface area contributed by atoms with Crippen LogP contribution in [0.4, 0.5) is 0 Å². The molecule has 1 N–H and O–H groups in total. The Hall–Kier alpha value is -3.30. The lowest BCUT2D eigenvalue weighted by Gasteiger charge is -2.37. The summed E-state index contributed by atoms with van der Waals surface area (Å²) in [6.45, 7) is 8.61. The van der Waals surface area contributed by atoms with Gasteiger partial charge in [-0.15, -0.1) is 10.2 Å². The number of hydrogen-bond donors (Lipinski definition) is 1. The first kappa shape index (κ1) is 22.9. The lowest BCUT2D eigenvalue weighted by Crippen LogP contribution is -2.34. The van der Waals surface area contributed by atoms with Gasteiger partial charge in [-0.1, -0.05) is 37.6 Å². The van der Waals surface area contributed by atoms with Crippen molar-refractivity contribution >= 4 is 0 Å². The van der Waals surface area contributed by atoms with E-state index < -0.39 is 0 Å². The minimum atomic E-state index is 0.411. The average Bonchev–Trinajstić information content (AvgIpc) is 3.30. The van der Waals surface area contributed by atoms with Gasteiger partial charge in [-0.3, -0.25) is 4.98 Å². The summed E-state index contributed by atoms with van der Waals surface area (Å²) in [5.74, 6) is 3.30. The van der Waals surface area contributed by atoms with E-state index in [9.17, 15) is 0 Å². The third-order valence-corrected chi connectivity index (χ3v) is 6.67. The monoisotopic (exact) mass is 441 g/mol.